The fourth-order valence-corrected chi connectivity index (χ4v) is 2.00. The molecular formula is C14H12ClN3O4. The SMILES string of the molecule is C#CCOc1c(Cl)cc(/C=N\N2CC(=O)NC2=O)cc1OC. The van der Waals surface area contributed by atoms with Gasteiger partial charge in [-0.05, 0) is 17.7 Å². The van der Waals surface area contributed by atoms with Gasteiger partial charge in [0.1, 0.15) is 13.2 Å². The Kier molecular flexibility index (Phi) is 4.86. The molecule has 1 aromatic rings. The fourth-order valence-electron chi connectivity index (χ4n) is 1.73. The minimum absolute atomic E-state index is 0.0551. The monoisotopic (exact) mass is 321 g/mol. The van der Waals surface area contributed by atoms with Crippen LogP contribution in [-0.2, 0) is 4.79 Å². The van der Waals surface area contributed by atoms with Crippen molar-refractivity contribution in [3.63, 3.8) is 0 Å². The van der Waals surface area contributed by atoms with Crippen LogP contribution in [0.3, 0.4) is 0 Å². The third-order valence-electron chi connectivity index (χ3n) is 2.67. The number of nitrogens with zero attached hydrogens (tertiary/aromatic N) is 2. The molecule has 1 fully saturated rings. The maximum atomic E-state index is 11.4. The van der Waals surface area contributed by atoms with Crippen molar-refractivity contribution in [3.8, 4) is 23.8 Å². The van der Waals surface area contributed by atoms with E-state index in [1.54, 1.807) is 12.1 Å². The van der Waals surface area contributed by atoms with Gasteiger partial charge in [-0.2, -0.15) is 5.10 Å². The number of amides is 3. The Morgan fingerprint density at radius 2 is 2.32 bits per heavy atom. The molecule has 0 saturated carbocycles. The normalized spacial score (nSPS) is 14.1. The minimum Gasteiger partial charge on any atom is -0.493 e. The minimum atomic E-state index is -0.576. The molecule has 0 unspecified atom stereocenters. The summed E-state index contributed by atoms with van der Waals surface area (Å²) >= 11 is 6.11. The maximum absolute atomic E-state index is 11.4. The summed E-state index contributed by atoms with van der Waals surface area (Å²) in [5, 5.41) is 7.33. The molecule has 7 nitrogen and oxygen atoms in total. The Labute approximate surface area is 131 Å². The van der Waals surface area contributed by atoms with E-state index in [4.69, 9.17) is 27.5 Å². The maximum Gasteiger partial charge on any atom is 0.344 e. The molecule has 1 N–H and O–H groups in total. The first-order chi connectivity index (χ1) is 10.5. The van der Waals surface area contributed by atoms with Crippen molar-refractivity contribution in [3.05, 3.63) is 22.7 Å². The second kappa shape index (κ2) is 6.83. The van der Waals surface area contributed by atoms with Crippen LogP contribution in [0.2, 0.25) is 5.02 Å². The van der Waals surface area contributed by atoms with Crippen LogP contribution in [-0.4, -0.2) is 43.4 Å². The van der Waals surface area contributed by atoms with E-state index in [-0.39, 0.29) is 18.2 Å². The Morgan fingerprint density at radius 3 is 2.91 bits per heavy atom. The second-order valence-electron chi connectivity index (χ2n) is 4.18. The summed E-state index contributed by atoms with van der Waals surface area (Å²) in [5.41, 5.74) is 0.571. The smallest absolute Gasteiger partial charge is 0.344 e. The summed E-state index contributed by atoms with van der Waals surface area (Å²) in [6.07, 6.45) is 6.53. The van der Waals surface area contributed by atoms with Crippen LogP contribution in [0.4, 0.5) is 4.79 Å². The van der Waals surface area contributed by atoms with E-state index in [2.05, 4.69) is 16.3 Å². The molecule has 0 aromatic heterocycles. The molecule has 22 heavy (non-hydrogen) atoms. The molecule has 0 aliphatic carbocycles. The van der Waals surface area contributed by atoms with Crippen molar-refractivity contribution in [2.45, 2.75) is 0 Å². The van der Waals surface area contributed by atoms with Gasteiger partial charge in [0.25, 0.3) is 0 Å². The van der Waals surface area contributed by atoms with E-state index >= 15 is 0 Å². The number of imide groups is 1. The molecule has 8 heteroatoms. The molecule has 1 aliphatic rings. The zero-order valence-corrected chi connectivity index (χ0v) is 12.4. The van der Waals surface area contributed by atoms with Gasteiger partial charge < -0.3 is 9.47 Å². The Bertz CT molecular complexity index is 681. The van der Waals surface area contributed by atoms with Gasteiger partial charge in [-0.15, -0.1) is 6.42 Å². The lowest BCUT2D eigenvalue weighted by Gasteiger charge is -2.11. The van der Waals surface area contributed by atoms with Crippen molar-refractivity contribution in [1.82, 2.24) is 10.3 Å². The van der Waals surface area contributed by atoms with Crippen LogP contribution in [0.5, 0.6) is 11.5 Å². The third kappa shape index (κ3) is 3.48. The second-order valence-corrected chi connectivity index (χ2v) is 4.59. The molecule has 1 aliphatic heterocycles. The largest absolute Gasteiger partial charge is 0.493 e. The topological polar surface area (TPSA) is 80.2 Å². The average molecular weight is 322 g/mol. The van der Waals surface area contributed by atoms with Gasteiger partial charge in [-0.3, -0.25) is 10.1 Å². The van der Waals surface area contributed by atoms with E-state index in [1.807, 2.05) is 0 Å². The summed E-state index contributed by atoms with van der Waals surface area (Å²) in [6, 6.07) is 2.62. The van der Waals surface area contributed by atoms with Crippen molar-refractivity contribution in [1.29, 1.82) is 0 Å². The van der Waals surface area contributed by atoms with Crippen LogP contribution in [0.15, 0.2) is 17.2 Å². The van der Waals surface area contributed by atoms with Gasteiger partial charge in [0.15, 0.2) is 11.5 Å². The van der Waals surface area contributed by atoms with Crippen LogP contribution < -0.4 is 14.8 Å². The van der Waals surface area contributed by atoms with Gasteiger partial charge in [-0.25, -0.2) is 9.80 Å². The van der Waals surface area contributed by atoms with Crippen molar-refractivity contribution < 1.29 is 19.1 Å². The molecule has 114 valence electrons. The number of urea groups is 1. The highest BCUT2D eigenvalue weighted by Gasteiger charge is 2.25. The predicted molar refractivity (Wildman–Crippen MR) is 80.2 cm³/mol. The molecule has 2 rings (SSSR count). The number of nitrogens with one attached hydrogen (secondary N) is 1. The summed E-state index contributed by atoms with van der Waals surface area (Å²) < 4.78 is 10.5. The van der Waals surface area contributed by atoms with E-state index in [1.165, 1.54) is 13.3 Å². The third-order valence-corrected chi connectivity index (χ3v) is 2.95. The fraction of sp³-hybridized carbons (Fsp3) is 0.214. The number of benzene rings is 1. The number of carbonyl (C=O) groups is 2. The number of carbonyl (C=O) groups excluding carboxylic acids is 2. The highest BCUT2D eigenvalue weighted by atomic mass is 35.5. The molecule has 3 amide bonds. The first kappa shape index (κ1) is 15.7. The molecule has 1 aromatic carbocycles. The number of hydrazone groups is 1. The highest BCUT2D eigenvalue weighted by Crippen LogP contribution is 2.36. The number of methoxy groups -OCH3 is 1. The van der Waals surface area contributed by atoms with E-state index < -0.39 is 11.9 Å². The lowest BCUT2D eigenvalue weighted by Crippen LogP contribution is -2.24. The molecule has 0 spiro atoms. The van der Waals surface area contributed by atoms with Gasteiger partial charge in [-0.1, -0.05) is 17.5 Å². The molecule has 1 saturated heterocycles. The first-order valence-electron chi connectivity index (χ1n) is 6.14. The number of rotatable bonds is 5. The highest BCUT2D eigenvalue weighted by molar-refractivity contribution is 6.32. The van der Waals surface area contributed by atoms with Gasteiger partial charge in [0.05, 0.1) is 18.3 Å². The number of hydrogen-bond acceptors (Lipinski definition) is 5. The quantitative estimate of drug-likeness (QED) is 0.503. The van der Waals surface area contributed by atoms with Crippen LogP contribution in [0, 0.1) is 12.3 Å². The summed E-state index contributed by atoms with van der Waals surface area (Å²) in [7, 11) is 1.46. The predicted octanol–water partition coefficient (Wildman–Crippen LogP) is 1.25. The number of ether oxygens (including phenoxy) is 2. The van der Waals surface area contributed by atoms with Gasteiger partial charge in [0, 0.05) is 0 Å². The van der Waals surface area contributed by atoms with Gasteiger partial charge in [0.2, 0.25) is 5.91 Å². The van der Waals surface area contributed by atoms with Crippen molar-refractivity contribution >= 4 is 29.8 Å². The Hall–Kier alpha value is -2.72. The molecule has 1 heterocycles. The summed E-state index contributed by atoms with van der Waals surface area (Å²) in [6.45, 7) is -0.0663. The number of terminal acetylenes is 1. The lowest BCUT2D eigenvalue weighted by atomic mass is 10.2. The van der Waals surface area contributed by atoms with Crippen LogP contribution in [0.1, 0.15) is 5.56 Å². The van der Waals surface area contributed by atoms with Gasteiger partial charge >= 0.3 is 6.03 Å². The van der Waals surface area contributed by atoms with Crippen LogP contribution >= 0.6 is 11.6 Å². The van der Waals surface area contributed by atoms with Crippen molar-refractivity contribution in [2.75, 3.05) is 20.3 Å². The first-order valence-corrected chi connectivity index (χ1v) is 6.52. The zero-order chi connectivity index (χ0) is 16.1. The Balaban J connectivity index is 2.22. The van der Waals surface area contributed by atoms with Crippen LogP contribution in [0.25, 0.3) is 0 Å². The van der Waals surface area contributed by atoms with E-state index in [9.17, 15) is 9.59 Å². The Morgan fingerprint density at radius 1 is 1.55 bits per heavy atom. The number of hydrogen-bond donors (Lipinski definition) is 1. The zero-order valence-electron chi connectivity index (χ0n) is 11.6. The standard InChI is InChI=1S/C14H12ClN3O4/c1-3-4-22-13-10(15)5-9(6-11(13)21-2)7-16-18-8-12(19)17-14(18)20/h1,5-7H,4,8H2,2H3,(H,17,19,20)/b16-7-. The van der Waals surface area contributed by atoms with Crippen molar-refractivity contribution in [2.24, 2.45) is 5.10 Å². The average Bonchev–Trinajstić information content (AvgIpc) is 2.81. The molecular weight excluding hydrogens is 310 g/mol. The molecule has 0 bridgehead atoms. The number of halogens is 1. The summed E-state index contributed by atoms with van der Waals surface area (Å²) in [5.74, 6) is 2.64. The van der Waals surface area contributed by atoms with E-state index in [0.29, 0.717) is 17.1 Å². The lowest BCUT2D eigenvalue weighted by molar-refractivity contribution is -0.118. The summed E-state index contributed by atoms with van der Waals surface area (Å²) in [4.78, 5) is 22.4. The van der Waals surface area contributed by atoms with E-state index in [0.717, 1.165) is 5.01 Å². The molecule has 0 radical (unpaired) electrons. The molecule has 0 atom stereocenters.